The van der Waals surface area contributed by atoms with Crippen LogP contribution in [0.3, 0.4) is 0 Å². The first-order valence-electron chi connectivity index (χ1n) is 5.08. The molecule has 1 aromatic heterocycles. The standard InChI is InChI=1S/C10H16N2S/c1-2-4-10-12-9(7-13-10)8-5-3-6-11-8/h7-8,11H,2-6H2,1H3/t8-/m0/s1. The first-order chi connectivity index (χ1) is 6.40. The van der Waals surface area contributed by atoms with Gasteiger partial charge in [0.05, 0.1) is 16.7 Å². The normalized spacial score (nSPS) is 22.4. The Morgan fingerprint density at radius 2 is 2.62 bits per heavy atom. The van der Waals surface area contributed by atoms with Gasteiger partial charge in [-0.15, -0.1) is 11.3 Å². The maximum Gasteiger partial charge on any atom is 0.0928 e. The summed E-state index contributed by atoms with van der Waals surface area (Å²) in [4.78, 5) is 4.64. The minimum atomic E-state index is 0.543. The molecule has 1 aromatic rings. The SMILES string of the molecule is CCCc1nc([C@@H]2CCCN2)cs1. The van der Waals surface area contributed by atoms with Crippen LogP contribution in [0.1, 0.15) is 42.9 Å². The first-order valence-corrected chi connectivity index (χ1v) is 5.96. The molecule has 1 atom stereocenters. The van der Waals surface area contributed by atoms with Gasteiger partial charge in [0.25, 0.3) is 0 Å². The van der Waals surface area contributed by atoms with Gasteiger partial charge in [-0.1, -0.05) is 6.92 Å². The van der Waals surface area contributed by atoms with Crippen molar-refractivity contribution in [2.24, 2.45) is 0 Å². The van der Waals surface area contributed by atoms with Crippen LogP contribution in [-0.4, -0.2) is 11.5 Å². The number of nitrogens with zero attached hydrogens (tertiary/aromatic N) is 1. The highest BCUT2D eigenvalue weighted by molar-refractivity contribution is 7.09. The molecule has 1 aliphatic rings. The van der Waals surface area contributed by atoms with Crippen molar-refractivity contribution >= 4 is 11.3 Å². The average molecular weight is 196 g/mol. The summed E-state index contributed by atoms with van der Waals surface area (Å²) in [6, 6.07) is 0.543. The van der Waals surface area contributed by atoms with Crippen molar-refractivity contribution in [3.63, 3.8) is 0 Å². The van der Waals surface area contributed by atoms with Crippen LogP contribution in [-0.2, 0) is 6.42 Å². The summed E-state index contributed by atoms with van der Waals surface area (Å²) < 4.78 is 0. The second-order valence-corrected chi connectivity index (χ2v) is 4.51. The molecule has 0 bridgehead atoms. The second-order valence-electron chi connectivity index (χ2n) is 3.57. The van der Waals surface area contributed by atoms with Crippen molar-refractivity contribution in [2.45, 2.75) is 38.6 Å². The molecule has 1 saturated heterocycles. The lowest BCUT2D eigenvalue weighted by molar-refractivity contribution is 0.629. The predicted octanol–water partition coefficient (Wildman–Crippen LogP) is 2.52. The van der Waals surface area contributed by atoms with E-state index in [0.29, 0.717) is 6.04 Å². The van der Waals surface area contributed by atoms with Crippen LogP contribution in [0.15, 0.2) is 5.38 Å². The van der Waals surface area contributed by atoms with E-state index in [9.17, 15) is 0 Å². The Labute approximate surface area is 83.4 Å². The van der Waals surface area contributed by atoms with E-state index in [1.54, 1.807) is 0 Å². The van der Waals surface area contributed by atoms with Crippen molar-refractivity contribution in [3.05, 3.63) is 16.1 Å². The fourth-order valence-corrected chi connectivity index (χ4v) is 2.70. The topological polar surface area (TPSA) is 24.9 Å². The number of hydrogen-bond donors (Lipinski definition) is 1. The van der Waals surface area contributed by atoms with Gasteiger partial charge < -0.3 is 5.32 Å². The molecule has 0 spiro atoms. The maximum absolute atomic E-state index is 4.64. The van der Waals surface area contributed by atoms with E-state index in [-0.39, 0.29) is 0 Å². The van der Waals surface area contributed by atoms with Crippen LogP contribution in [0.2, 0.25) is 0 Å². The molecule has 72 valence electrons. The molecule has 2 nitrogen and oxygen atoms in total. The highest BCUT2D eigenvalue weighted by Gasteiger charge is 2.18. The summed E-state index contributed by atoms with van der Waals surface area (Å²) in [6.07, 6.45) is 4.89. The predicted molar refractivity (Wildman–Crippen MR) is 56.1 cm³/mol. The molecular formula is C10H16N2S. The highest BCUT2D eigenvalue weighted by Crippen LogP contribution is 2.24. The van der Waals surface area contributed by atoms with Gasteiger partial charge in [0.2, 0.25) is 0 Å². The Hall–Kier alpha value is -0.410. The molecule has 2 heterocycles. The molecule has 0 aliphatic carbocycles. The van der Waals surface area contributed by atoms with Crippen LogP contribution in [0, 0.1) is 0 Å². The van der Waals surface area contributed by atoms with Crippen LogP contribution >= 0.6 is 11.3 Å². The number of thiazole rings is 1. The number of aryl methyl sites for hydroxylation is 1. The molecule has 0 aromatic carbocycles. The average Bonchev–Trinajstić information content (AvgIpc) is 2.70. The third-order valence-electron chi connectivity index (χ3n) is 2.45. The smallest absolute Gasteiger partial charge is 0.0928 e. The molecule has 1 fully saturated rings. The Kier molecular flexibility index (Phi) is 2.96. The molecule has 1 N–H and O–H groups in total. The molecule has 2 rings (SSSR count). The number of nitrogens with one attached hydrogen (secondary N) is 1. The Bertz CT molecular complexity index is 264. The zero-order valence-corrected chi connectivity index (χ0v) is 8.86. The monoisotopic (exact) mass is 196 g/mol. The van der Waals surface area contributed by atoms with E-state index < -0.39 is 0 Å². The molecule has 1 aliphatic heterocycles. The van der Waals surface area contributed by atoms with E-state index in [2.05, 4.69) is 22.6 Å². The van der Waals surface area contributed by atoms with Crippen molar-refractivity contribution in [3.8, 4) is 0 Å². The zero-order chi connectivity index (χ0) is 9.10. The molecular weight excluding hydrogens is 180 g/mol. The minimum absolute atomic E-state index is 0.543. The molecule has 13 heavy (non-hydrogen) atoms. The second kappa shape index (κ2) is 4.20. The Morgan fingerprint density at radius 1 is 1.69 bits per heavy atom. The lowest BCUT2D eigenvalue weighted by atomic mass is 10.2. The molecule has 3 heteroatoms. The highest BCUT2D eigenvalue weighted by atomic mass is 32.1. The van der Waals surface area contributed by atoms with Crippen molar-refractivity contribution in [1.82, 2.24) is 10.3 Å². The lowest BCUT2D eigenvalue weighted by Crippen LogP contribution is -2.13. The number of rotatable bonds is 3. The van der Waals surface area contributed by atoms with E-state index in [4.69, 9.17) is 0 Å². The largest absolute Gasteiger partial charge is 0.309 e. The summed E-state index contributed by atoms with van der Waals surface area (Å²) in [7, 11) is 0. The van der Waals surface area contributed by atoms with Crippen LogP contribution in [0.4, 0.5) is 0 Å². The maximum atomic E-state index is 4.64. The fraction of sp³-hybridized carbons (Fsp3) is 0.700. The van der Waals surface area contributed by atoms with E-state index in [1.165, 1.54) is 30.0 Å². The van der Waals surface area contributed by atoms with Gasteiger partial charge in [0.1, 0.15) is 0 Å². The quantitative estimate of drug-likeness (QED) is 0.803. The summed E-state index contributed by atoms with van der Waals surface area (Å²) >= 11 is 1.81. The van der Waals surface area contributed by atoms with Crippen molar-refractivity contribution in [1.29, 1.82) is 0 Å². The van der Waals surface area contributed by atoms with Crippen molar-refractivity contribution < 1.29 is 0 Å². The van der Waals surface area contributed by atoms with Gasteiger partial charge in [0.15, 0.2) is 0 Å². The number of hydrogen-bond acceptors (Lipinski definition) is 3. The lowest BCUT2D eigenvalue weighted by Gasteiger charge is -2.04. The van der Waals surface area contributed by atoms with Crippen LogP contribution in [0.25, 0.3) is 0 Å². The molecule has 0 amide bonds. The molecule has 0 saturated carbocycles. The summed E-state index contributed by atoms with van der Waals surface area (Å²) in [5.74, 6) is 0. The zero-order valence-electron chi connectivity index (χ0n) is 8.05. The third-order valence-corrected chi connectivity index (χ3v) is 3.38. The first kappa shape index (κ1) is 9.16. The van der Waals surface area contributed by atoms with Crippen molar-refractivity contribution in [2.75, 3.05) is 6.54 Å². The van der Waals surface area contributed by atoms with Gasteiger partial charge in [-0.3, -0.25) is 0 Å². The summed E-state index contributed by atoms with van der Waals surface area (Å²) in [5.41, 5.74) is 1.27. The fourth-order valence-electron chi connectivity index (χ4n) is 1.75. The van der Waals surface area contributed by atoms with Crippen LogP contribution < -0.4 is 5.32 Å². The van der Waals surface area contributed by atoms with Gasteiger partial charge in [-0.05, 0) is 32.2 Å². The molecule has 0 unspecified atom stereocenters. The Morgan fingerprint density at radius 3 is 3.31 bits per heavy atom. The summed E-state index contributed by atoms with van der Waals surface area (Å²) in [5, 5.41) is 6.99. The summed E-state index contributed by atoms with van der Waals surface area (Å²) in [6.45, 7) is 3.36. The number of aromatic nitrogens is 1. The van der Waals surface area contributed by atoms with E-state index >= 15 is 0 Å². The van der Waals surface area contributed by atoms with Gasteiger partial charge >= 0.3 is 0 Å². The molecule has 0 radical (unpaired) electrons. The Balaban J connectivity index is 2.03. The third kappa shape index (κ3) is 2.09. The van der Waals surface area contributed by atoms with Gasteiger partial charge in [-0.25, -0.2) is 4.98 Å². The van der Waals surface area contributed by atoms with Crippen LogP contribution in [0.5, 0.6) is 0 Å². The van der Waals surface area contributed by atoms with Gasteiger partial charge in [-0.2, -0.15) is 0 Å². The van der Waals surface area contributed by atoms with E-state index in [0.717, 1.165) is 13.0 Å². The minimum Gasteiger partial charge on any atom is -0.309 e. The van der Waals surface area contributed by atoms with E-state index in [1.807, 2.05) is 11.3 Å². The van der Waals surface area contributed by atoms with Gasteiger partial charge in [0, 0.05) is 5.38 Å².